The Hall–Kier alpha value is -1.32. The molecule has 1 heterocycles. The number of nitrogens with two attached hydrogens (primary N) is 1. The molecule has 0 radical (unpaired) electrons. The molecule has 0 bridgehead atoms. The Balaban J connectivity index is 3.00. The van der Waals surface area contributed by atoms with Gasteiger partial charge in [-0.05, 0) is 72.0 Å². The van der Waals surface area contributed by atoms with Gasteiger partial charge in [-0.1, -0.05) is 0 Å². The summed E-state index contributed by atoms with van der Waals surface area (Å²) >= 11 is 1.23. The van der Waals surface area contributed by atoms with Gasteiger partial charge in [-0.25, -0.2) is 9.59 Å². The molecule has 1 rings (SSSR count). The number of carbonyl (C=O) groups excluding carboxylic acids is 3. The van der Waals surface area contributed by atoms with E-state index in [1.165, 1.54) is 11.8 Å². The van der Waals surface area contributed by atoms with E-state index in [1.807, 2.05) is 0 Å². The van der Waals surface area contributed by atoms with Gasteiger partial charge in [0.1, 0.15) is 11.6 Å². The van der Waals surface area contributed by atoms with Crippen LogP contribution in [0.25, 0.3) is 0 Å². The Morgan fingerprint density at radius 3 is 2.07 bits per heavy atom. The first-order chi connectivity index (χ1) is 14.1. The smallest absolute Gasteiger partial charge is 0.333 e. The van der Waals surface area contributed by atoms with Crippen LogP contribution in [-0.2, 0) is 33.3 Å². The molecule has 1 atom stereocenters. The summed E-state index contributed by atoms with van der Waals surface area (Å²) in [7, 11) is 0. The number of esters is 3. The third-order valence-electron chi connectivity index (χ3n) is 4.63. The van der Waals surface area contributed by atoms with Crippen molar-refractivity contribution in [3.8, 4) is 0 Å². The summed E-state index contributed by atoms with van der Waals surface area (Å²) in [5.41, 5.74) is 5.34. The molecule has 1 aliphatic rings. The van der Waals surface area contributed by atoms with Crippen molar-refractivity contribution in [2.24, 2.45) is 11.7 Å². The number of carbonyl (C=O) groups is 3. The lowest BCUT2D eigenvalue weighted by Crippen LogP contribution is -2.48. The van der Waals surface area contributed by atoms with Crippen LogP contribution in [0.3, 0.4) is 0 Å². The van der Waals surface area contributed by atoms with Crippen molar-refractivity contribution in [2.45, 2.75) is 76.7 Å². The Morgan fingerprint density at radius 2 is 1.60 bits per heavy atom. The first-order valence-electron chi connectivity index (χ1n) is 10.6. The van der Waals surface area contributed by atoms with Crippen LogP contribution in [0.4, 0.5) is 0 Å². The molecule has 0 saturated carbocycles. The minimum atomic E-state index is -1.57. The van der Waals surface area contributed by atoms with Crippen LogP contribution in [0.5, 0.6) is 0 Å². The molecule has 1 aliphatic heterocycles. The molecule has 1 saturated heterocycles. The fraction of sp³-hybridized carbons (Fsp3) is 0.857. The Bertz CT molecular complexity index is 552. The second kappa shape index (κ2) is 12.5. The van der Waals surface area contributed by atoms with E-state index in [0.29, 0.717) is 24.9 Å². The first-order valence-corrected chi connectivity index (χ1v) is 11.6. The van der Waals surface area contributed by atoms with Gasteiger partial charge < -0.3 is 24.7 Å². The lowest BCUT2D eigenvalue weighted by Gasteiger charge is -2.32. The van der Waals surface area contributed by atoms with Crippen LogP contribution in [-0.4, -0.2) is 66.5 Å². The number of thioether (sulfide) groups is 1. The van der Waals surface area contributed by atoms with E-state index in [1.54, 1.807) is 34.6 Å². The number of rotatable bonds is 11. The summed E-state index contributed by atoms with van der Waals surface area (Å²) in [6, 6.07) is -0.962. The van der Waals surface area contributed by atoms with Crippen LogP contribution in [0.2, 0.25) is 0 Å². The fourth-order valence-corrected chi connectivity index (χ4v) is 4.47. The molecule has 0 aromatic heterocycles. The topological polar surface area (TPSA) is 114 Å². The molecule has 0 amide bonds. The van der Waals surface area contributed by atoms with E-state index < -0.39 is 34.3 Å². The molecule has 1 fully saturated rings. The van der Waals surface area contributed by atoms with E-state index in [9.17, 15) is 14.4 Å². The van der Waals surface area contributed by atoms with Crippen LogP contribution >= 0.6 is 11.8 Å². The molecule has 174 valence electrons. The lowest BCUT2D eigenvalue weighted by atomic mass is 9.98. The molecule has 0 aliphatic carbocycles. The zero-order valence-electron chi connectivity index (χ0n) is 18.9. The molecule has 8 nitrogen and oxygen atoms in total. The van der Waals surface area contributed by atoms with E-state index in [4.69, 9.17) is 24.7 Å². The highest BCUT2D eigenvalue weighted by molar-refractivity contribution is 8.02. The zero-order valence-corrected chi connectivity index (χ0v) is 19.7. The summed E-state index contributed by atoms with van der Waals surface area (Å²) in [6.45, 7) is 10.2. The van der Waals surface area contributed by atoms with E-state index >= 15 is 0 Å². The van der Waals surface area contributed by atoms with Gasteiger partial charge in [0.15, 0.2) is 0 Å². The van der Waals surface area contributed by atoms with Gasteiger partial charge in [-0.2, -0.15) is 0 Å². The Morgan fingerprint density at radius 1 is 1.07 bits per heavy atom. The average Bonchev–Trinajstić information content (AvgIpc) is 2.67. The summed E-state index contributed by atoms with van der Waals surface area (Å²) in [5.74, 6) is -0.971. The minimum Gasteiger partial charge on any atom is -0.465 e. The van der Waals surface area contributed by atoms with Crippen molar-refractivity contribution < 1.29 is 33.3 Å². The normalized spacial score (nSPS) is 16.6. The summed E-state index contributed by atoms with van der Waals surface area (Å²) in [5, 5.41) is 0. The molecular formula is C21H37NO7S. The third kappa shape index (κ3) is 8.43. The van der Waals surface area contributed by atoms with Gasteiger partial charge in [0.25, 0.3) is 0 Å². The average molecular weight is 448 g/mol. The molecule has 0 spiro atoms. The van der Waals surface area contributed by atoms with Gasteiger partial charge >= 0.3 is 17.9 Å². The maximum Gasteiger partial charge on any atom is 0.333 e. The first kappa shape index (κ1) is 26.7. The molecule has 9 heteroatoms. The van der Waals surface area contributed by atoms with Gasteiger partial charge in [0.2, 0.25) is 4.75 Å². The largest absolute Gasteiger partial charge is 0.465 e. The van der Waals surface area contributed by atoms with Crippen molar-refractivity contribution in [3.05, 3.63) is 0 Å². The van der Waals surface area contributed by atoms with E-state index in [-0.39, 0.29) is 26.1 Å². The predicted molar refractivity (Wildman–Crippen MR) is 115 cm³/mol. The van der Waals surface area contributed by atoms with Crippen LogP contribution in [0.1, 0.15) is 60.3 Å². The van der Waals surface area contributed by atoms with Gasteiger partial charge in [0, 0.05) is 13.2 Å². The standard InChI is InChI=1S/C21H37NO7S/c1-6-27-18(24)21(19(25)28-7-2,30-14-15-9-12-26-13-10-15)11-8-16(22)17(23)29-20(3,4)5/h15-16H,6-14,22H2,1-5H3. The van der Waals surface area contributed by atoms with Crippen LogP contribution in [0.15, 0.2) is 0 Å². The maximum absolute atomic E-state index is 12.9. The number of ether oxygens (including phenoxy) is 4. The van der Waals surface area contributed by atoms with Crippen molar-refractivity contribution in [3.63, 3.8) is 0 Å². The summed E-state index contributed by atoms with van der Waals surface area (Å²) in [4.78, 5) is 38.2. The fourth-order valence-electron chi connectivity index (χ4n) is 3.00. The quantitative estimate of drug-likeness (QED) is 0.290. The zero-order chi connectivity index (χ0) is 22.8. The van der Waals surface area contributed by atoms with E-state index in [0.717, 1.165) is 12.8 Å². The maximum atomic E-state index is 12.9. The van der Waals surface area contributed by atoms with Gasteiger partial charge in [0.05, 0.1) is 13.2 Å². The van der Waals surface area contributed by atoms with Crippen LogP contribution < -0.4 is 5.73 Å². The Kier molecular flexibility index (Phi) is 11.1. The minimum absolute atomic E-state index is 0.0267. The van der Waals surface area contributed by atoms with Gasteiger partial charge in [-0.15, -0.1) is 11.8 Å². The highest BCUT2D eigenvalue weighted by atomic mass is 32.2. The molecule has 2 N–H and O–H groups in total. The SMILES string of the molecule is CCOC(=O)C(CCC(N)C(=O)OC(C)(C)C)(SCC1CCOCC1)C(=O)OCC. The third-order valence-corrected chi connectivity index (χ3v) is 6.30. The van der Waals surface area contributed by atoms with Gasteiger partial charge in [-0.3, -0.25) is 4.79 Å². The van der Waals surface area contributed by atoms with Crippen molar-refractivity contribution >= 4 is 29.7 Å². The lowest BCUT2D eigenvalue weighted by molar-refractivity contribution is -0.161. The molecule has 0 aromatic carbocycles. The second-order valence-corrected chi connectivity index (χ2v) is 9.63. The number of hydrogen-bond acceptors (Lipinski definition) is 9. The monoisotopic (exact) mass is 447 g/mol. The second-order valence-electron chi connectivity index (χ2n) is 8.31. The summed E-state index contributed by atoms with van der Waals surface area (Å²) in [6.07, 6.45) is 1.85. The molecule has 30 heavy (non-hydrogen) atoms. The van der Waals surface area contributed by atoms with Crippen molar-refractivity contribution in [1.82, 2.24) is 0 Å². The molecule has 1 unspecified atom stereocenters. The highest BCUT2D eigenvalue weighted by Gasteiger charge is 2.50. The van der Waals surface area contributed by atoms with Crippen molar-refractivity contribution in [1.29, 1.82) is 0 Å². The predicted octanol–water partition coefficient (Wildman–Crippen LogP) is 2.46. The van der Waals surface area contributed by atoms with E-state index in [2.05, 4.69) is 0 Å². The highest BCUT2D eigenvalue weighted by Crippen LogP contribution is 2.37. The van der Waals surface area contributed by atoms with Crippen molar-refractivity contribution in [2.75, 3.05) is 32.2 Å². The molecular weight excluding hydrogens is 410 g/mol. The summed E-state index contributed by atoms with van der Waals surface area (Å²) < 4.78 is 19.6. The Labute approximate surface area is 183 Å². The molecule has 0 aromatic rings. The van der Waals surface area contributed by atoms with Crippen LogP contribution in [0, 0.1) is 5.92 Å². The number of hydrogen-bond donors (Lipinski definition) is 1.